The molecule has 2 aromatic carbocycles. The molecule has 0 radical (unpaired) electrons. The molecule has 0 saturated carbocycles. The molecule has 0 aliphatic heterocycles. The predicted molar refractivity (Wildman–Crippen MR) is 95.1 cm³/mol. The van der Waals surface area contributed by atoms with Gasteiger partial charge in [-0.1, -0.05) is 44.8 Å². The number of halogens is 2. The van der Waals surface area contributed by atoms with Gasteiger partial charge in [0.05, 0.1) is 0 Å². The van der Waals surface area contributed by atoms with E-state index in [1.165, 1.54) is 5.56 Å². The van der Waals surface area contributed by atoms with E-state index in [9.17, 15) is 0 Å². The third kappa shape index (κ3) is 4.56. The van der Waals surface area contributed by atoms with Crippen LogP contribution in [-0.4, -0.2) is 6.04 Å². The van der Waals surface area contributed by atoms with Crippen LogP contribution in [0.2, 0.25) is 0 Å². The van der Waals surface area contributed by atoms with E-state index in [4.69, 9.17) is 10.5 Å². The highest BCUT2D eigenvalue weighted by atomic mass is 79.9. The Balaban J connectivity index is 2.16. The molecule has 2 nitrogen and oxygen atoms in total. The summed E-state index contributed by atoms with van der Waals surface area (Å²) in [5, 5.41) is 0. The zero-order valence-corrected chi connectivity index (χ0v) is 15.4. The van der Waals surface area contributed by atoms with Gasteiger partial charge in [-0.15, -0.1) is 0 Å². The van der Waals surface area contributed by atoms with Gasteiger partial charge >= 0.3 is 0 Å². The Hall–Kier alpha value is -0.840. The van der Waals surface area contributed by atoms with Crippen LogP contribution in [-0.2, 0) is 6.42 Å². The van der Waals surface area contributed by atoms with Crippen molar-refractivity contribution in [3.63, 3.8) is 0 Å². The van der Waals surface area contributed by atoms with Crippen molar-refractivity contribution in [2.24, 2.45) is 5.73 Å². The lowest BCUT2D eigenvalue weighted by atomic mass is 10.0. The van der Waals surface area contributed by atoms with E-state index in [1.807, 2.05) is 37.3 Å². The molecule has 2 rings (SSSR count). The molecule has 1 atom stereocenters. The van der Waals surface area contributed by atoms with Crippen LogP contribution in [0.15, 0.2) is 45.3 Å². The summed E-state index contributed by atoms with van der Waals surface area (Å²) in [5.74, 6) is 1.68. The maximum Gasteiger partial charge on any atom is 0.130 e. The molecule has 0 saturated heterocycles. The Morgan fingerprint density at radius 3 is 2.52 bits per heavy atom. The van der Waals surface area contributed by atoms with Gasteiger partial charge in [0.2, 0.25) is 0 Å². The smallest absolute Gasteiger partial charge is 0.130 e. The van der Waals surface area contributed by atoms with Crippen LogP contribution in [0, 0.1) is 6.92 Å². The quantitative estimate of drug-likeness (QED) is 0.694. The molecule has 2 aromatic rings. The molecule has 1 unspecified atom stereocenters. The summed E-state index contributed by atoms with van der Waals surface area (Å²) in [7, 11) is 0. The van der Waals surface area contributed by atoms with Crippen molar-refractivity contribution in [3.05, 3.63) is 56.5 Å². The van der Waals surface area contributed by atoms with Crippen molar-refractivity contribution in [3.8, 4) is 11.5 Å². The maximum absolute atomic E-state index is 6.01. The van der Waals surface area contributed by atoms with Crippen molar-refractivity contribution >= 4 is 31.9 Å². The zero-order chi connectivity index (χ0) is 15.4. The van der Waals surface area contributed by atoms with Gasteiger partial charge < -0.3 is 10.5 Å². The number of rotatable bonds is 5. The molecular formula is C17H19Br2NO. The average Bonchev–Trinajstić information content (AvgIpc) is 2.44. The van der Waals surface area contributed by atoms with E-state index in [0.29, 0.717) is 0 Å². The van der Waals surface area contributed by atoms with Gasteiger partial charge in [0, 0.05) is 15.0 Å². The van der Waals surface area contributed by atoms with E-state index in [1.54, 1.807) is 0 Å². The van der Waals surface area contributed by atoms with Gasteiger partial charge in [0.25, 0.3) is 0 Å². The second kappa shape index (κ2) is 7.43. The topological polar surface area (TPSA) is 35.2 Å². The Morgan fingerprint density at radius 2 is 1.90 bits per heavy atom. The van der Waals surface area contributed by atoms with Crippen molar-refractivity contribution < 1.29 is 4.74 Å². The normalized spacial score (nSPS) is 12.2. The fourth-order valence-electron chi connectivity index (χ4n) is 2.04. The molecule has 2 N–H and O–H groups in total. The maximum atomic E-state index is 6.01. The highest BCUT2D eigenvalue weighted by Crippen LogP contribution is 2.30. The van der Waals surface area contributed by atoms with E-state index in [0.717, 1.165) is 38.8 Å². The zero-order valence-electron chi connectivity index (χ0n) is 12.2. The van der Waals surface area contributed by atoms with Gasteiger partial charge in [-0.05, 0) is 61.2 Å². The van der Waals surface area contributed by atoms with Crippen LogP contribution in [0.5, 0.6) is 11.5 Å². The number of ether oxygens (including phenoxy) is 1. The summed E-state index contributed by atoms with van der Waals surface area (Å²) in [6, 6.07) is 12.2. The standard InChI is InChI=1S/C17H19Br2NO/c1-3-14(20)9-12-4-6-15(10-16(12)19)21-17-7-5-13(18)8-11(17)2/h4-8,10,14H,3,9,20H2,1-2H3. The first-order valence-corrected chi connectivity index (χ1v) is 8.56. The van der Waals surface area contributed by atoms with Gasteiger partial charge in [-0.3, -0.25) is 0 Å². The Bertz CT molecular complexity index is 628. The lowest BCUT2D eigenvalue weighted by Gasteiger charge is -2.13. The highest BCUT2D eigenvalue weighted by molar-refractivity contribution is 9.10. The van der Waals surface area contributed by atoms with Crippen molar-refractivity contribution in [1.82, 2.24) is 0 Å². The van der Waals surface area contributed by atoms with E-state index in [-0.39, 0.29) is 6.04 Å². The molecule has 0 bridgehead atoms. The molecule has 112 valence electrons. The molecule has 0 spiro atoms. The first kappa shape index (κ1) is 16.5. The summed E-state index contributed by atoms with van der Waals surface area (Å²) in [4.78, 5) is 0. The van der Waals surface area contributed by atoms with Crippen LogP contribution >= 0.6 is 31.9 Å². The van der Waals surface area contributed by atoms with E-state index in [2.05, 4.69) is 44.8 Å². The Labute approximate surface area is 143 Å². The fourth-order valence-corrected chi connectivity index (χ4v) is 3.03. The monoisotopic (exact) mass is 411 g/mol. The molecule has 0 aromatic heterocycles. The fraction of sp³-hybridized carbons (Fsp3) is 0.294. The van der Waals surface area contributed by atoms with Crippen LogP contribution in [0.3, 0.4) is 0 Å². The SMILES string of the molecule is CCC(N)Cc1ccc(Oc2ccc(Br)cc2C)cc1Br. The third-order valence-corrected chi connectivity index (χ3v) is 4.63. The Kier molecular flexibility index (Phi) is 5.85. The summed E-state index contributed by atoms with van der Waals surface area (Å²) < 4.78 is 8.04. The number of hydrogen-bond donors (Lipinski definition) is 1. The molecular weight excluding hydrogens is 394 g/mol. The Morgan fingerprint density at radius 1 is 1.14 bits per heavy atom. The first-order valence-electron chi connectivity index (χ1n) is 6.97. The first-order chi connectivity index (χ1) is 9.99. The minimum Gasteiger partial charge on any atom is -0.457 e. The van der Waals surface area contributed by atoms with E-state index < -0.39 is 0 Å². The van der Waals surface area contributed by atoms with Gasteiger partial charge in [-0.25, -0.2) is 0 Å². The highest BCUT2D eigenvalue weighted by Gasteiger charge is 2.08. The lowest BCUT2D eigenvalue weighted by Crippen LogP contribution is -2.21. The van der Waals surface area contributed by atoms with Crippen molar-refractivity contribution in [2.75, 3.05) is 0 Å². The van der Waals surface area contributed by atoms with Gasteiger partial charge in [0.15, 0.2) is 0 Å². The van der Waals surface area contributed by atoms with Gasteiger partial charge in [-0.2, -0.15) is 0 Å². The molecule has 4 heteroatoms. The molecule has 21 heavy (non-hydrogen) atoms. The molecule has 0 amide bonds. The number of hydrogen-bond acceptors (Lipinski definition) is 2. The average molecular weight is 413 g/mol. The lowest BCUT2D eigenvalue weighted by molar-refractivity contribution is 0.478. The summed E-state index contributed by atoms with van der Waals surface area (Å²) >= 11 is 7.06. The molecule has 0 aliphatic rings. The number of nitrogens with two attached hydrogens (primary N) is 1. The van der Waals surface area contributed by atoms with Crippen LogP contribution in [0.25, 0.3) is 0 Å². The van der Waals surface area contributed by atoms with Gasteiger partial charge in [0.1, 0.15) is 11.5 Å². The van der Waals surface area contributed by atoms with E-state index >= 15 is 0 Å². The number of aryl methyl sites for hydroxylation is 1. The summed E-state index contributed by atoms with van der Waals surface area (Å²) in [6.45, 7) is 4.14. The van der Waals surface area contributed by atoms with Crippen LogP contribution in [0.4, 0.5) is 0 Å². The van der Waals surface area contributed by atoms with Crippen LogP contribution in [0.1, 0.15) is 24.5 Å². The molecule has 0 aliphatic carbocycles. The number of benzene rings is 2. The minimum absolute atomic E-state index is 0.196. The molecule has 0 heterocycles. The summed E-state index contributed by atoms with van der Waals surface area (Å²) in [6.07, 6.45) is 1.84. The molecule has 0 fully saturated rings. The van der Waals surface area contributed by atoms with Crippen LogP contribution < -0.4 is 10.5 Å². The second-order valence-corrected chi connectivity index (χ2v) is 6.91. The third-order valence-electron chi connectivity index (χ3n) is 3.40. The summed E-state index contributed by atoms with van der Waals surface area (Å²) in [5.41, 5.74) is 8.32. The van der Waals surface area contributed by atoms with Crippen molar-refractivity contribution in [2.45, 2.75) is 32.7 Å². The predicted octanol–water partition coefficient (Wildman–Crippen LogP) is 5.59. The second-order valence-electron chi connectivity index (χ2n) is 5.14. The minimum atomic E-state index is 0.196. The van der Waals surface area contributed by atoms with Crippen molar-refractivity contribution in [1.29, 1.82) is 0 Å². The largest absolute Gasteiger partial charge is 0.457 e.